The average molecular weight is 273 g/mol. The first-order valence-electron chi connectivity index (χ1n) is 6.56. The summed E-state index contributed by atoms with van der Waals surface area (Å²) in [5.74, 6) is -0.0819. The highest BCUT2D eigenvalue weighted by Gasteiger charge is 2.07. The predicted molar refractivity (Wildman–Crippen MR) is 77.3 cm³/mol. The lowest BCUT2D eigenvalue weighted by atomic mass is 10.3. The number of carbonyl (C=O) groups excluding carboxylic acids is 1. The van der Waals surface area contributed by atoms with Gasteiger partial charge < -0.3 is 10.6 Å². The third-order valence-corrected chi connectivity index (χ3v) is 2.78. The van der Waals surface area contributed by atoms with Gasteiger partial charge in [0, 0.05) is 18.4 Å². The molecule has 2 aromatic heterocycles. The highest BCUT2D eigenvalue weighted by Crippen LogP contribution is 2.01. The van der Waals surface area contributed by atoms with Crippen molar-refractivity contribution in [2.75, 3.05) is 11.9 Å². The van der Waals surface area contributed by atoms with E-state index in [0.717, 1.165) is 12.1 Å². The molecule has 20 heavy (non-hydrogen) atoms. The van der Waals surface area contributed by atoms with Gasteiger partial charge in [-0.2, -0.15) is 5.10 Å². The zero-order chi connectivity index (χ0) is 14.4. The number of hydrogen-bond acceptors (Lipinski definition) is 4. The van der Waals surface area contributed by atoms with Crippen molar-refractivity contribution in [2.45, 2.75) is 26.4 Å². The Kier molecular flexibility index (Phi) is 4.84. The number of hydrogen-bond donors (Lipinski definition) is 2. The Morgan fingerprint density at radius 2 is 2.30 bits per heavy atom. The van der Waals surface area contributed by atoms with Crippen LogP contribution in [0.15, 0.2) is 36.9 Å². The molecule has 0 radical (unpaired) electrons. The molecule has 106 valence electrons. The lowest BCUT2D eigenvalue weighted by molar-refractivity contribution is -0.115. The maximum atomic E-state index is 11.7. The fraction of sp³-hybridized carbons (Fsp3) is 0.357. The summed E-state index contributed by atoms with van der Waals surface area (Å²) in [6.45, 7) is 5.02. The average Bonchev–Trinajstić information content (AvgIpc) is 2.83. The summed E-state index contributed by atoms with van der Waals surface area (Å²) in [6, 6.07) is 3.75. The van der Waals surface area contributed by atoms with Crippen LogP contribution in [0.4, 0.5) is 5.69 Å². The summed E-state index contributed by atoms with van der Waals surface area (Å²) in [4.78, 5) is 15.7. The number of nitrogens with zero attached hydrogens (tertiary/aromatic N) is 3. The first-order valence-corrected chi connectivity index (χ1v) is 6.56. The van der Waals surface area contributed by atoms with E-state index >= 15 is 0 Å². The lowest BCUT2D eigenvalue weighted by Gasteiger charge is -2.13. The highest BCUT2D eigenvalue weighted by molar-refractivity contribution is 5.92. The quantitative estimate of drug-likeness (QED) is 0.829. The number of aromatic nitrogens is 3. The van der Waals surface area contributed by atoms with Gasteiger partial charge in [0.2, 0.25) is 5.91 Å². The van der Waals surface area contributed by atoms with Gasteiger partial charge in [0.25, 0.3) is 0 Å². The molecule has 0 aliphatic carbocycles. The summed E-state index contributed by atoms with van der Waals surface area (Å²) < 4.78 is 1.87. The molecule has 1 atom stereocenters. The van der Waals surface area contributed by atoms with E-state index in [2.05, 4.69) is 20.7 Å². The van der Waals surface area contributed by atoms with Gasteiger partial charge in [0.05, 0.1) is 31.2 Å². The fourth-order valence-electron chi connectivity index (χ4n) is 1.82. The molecule has 0 saturated carbocycles. The van der Waals surface area contributed by atoms with E-state index in [9.17, 15) is 4.79 Å². The summed E-state index contributed by atoms with van der Waals surface area (Å²) in [5.41, 5.74) is 1.83. The highest BCUT2D eigenvalue weighted by atomic mass is 16.1. The van der Waals surface area contributed by atoms with Crippen molar-refractivity contribution in [3.63, 3.8) is 0 Å². The molecule has 2 N–H and O–H groups in total. The summed E-state index contributed by atoms with van der Waals surface area (Å²) in [6.07, 6.45) is 7.09. The van der Waals surface area contributed by atoms with Crippen LogP contribution in [0.25, 0.3) is 0 Å². The standard InChI is InChI=1S/C14H19N5O/c1-11-6-17-19(9-11)10-12(2)16-8-14(20)18-13-4-3-5-15-7-13/h3-7,9,12,16H,8,10H2,1-2H3,(H,18,20)/t12-/m0/s1. The number of aryl methyl sites for hydroxylation is 1. The van der Waals surface area contributed by atoms with Gasteiger partial charge in [-0.3, -0.25) is 14.5 Å². The van der Waals surface area contributed by atoms with Gasteiger partial charge in [-0.1, -0.05) is 0 Å². The topological polar surface area (TPSA) is 71.8 Å². The molecule has 2 rings (SSSR count). The summed E-state index contributed by atoms with van der Waals surface area (Å²) in [7, 11) is 0. The Balaban J connectivity index is 1.73. The predicted octanol–water partition coefficient (Wildman–Crippen LogP) is 1.20. The molecule has 0 bridgehead atoms. The largest absolute Gasteiger partial charge is 0.324 e. The molecule has 2 aromatic rings. The van der Waals surface area contributed by atoms with Crippen LogP contribution >= 0.6 is 0 Å². The van der Waals surface area contributed by atoms with Crippen LogP contribution in [0, 0.1) is 6.92 Å². The van der Waals surface area contributed by atoms with Crippen molar-refractivity contribution >= 4 is 11.6 Å². The van der Waals surface area contributed by atoms with E-state index in [-0.39, 0.29) is 18.5 Å². The molecule has 6 heteroatoms. The van der Waals surface area contributed by atoms with E-state index in [0.29, 0.717) is 5.69 Å². The second-order valence-electron chi connectivity index (χ2n) is 4.81. The molecule has 6 nitrogen and oxygen atoms in total. The Morgan fingerprint density at radius 1 is 1.45 bits per heavy atom. The molecule has 0 saturated heterocycles. The van der Waals surface area contributed by atoms with Crippen LogP contribution in [0.3, 0.4) is 0 Å². The smallest absolute Gasteiger partial charge is 0.238 e. The lowest BCUT2D eigenvalue weighted by Crippen LogP contribution is -2.37. The molecule has 1 amide bonds. The van der Waals surface area contributed by atoms with E-state index in [4.69, 9.17) is 0 Å². The van der Waals surface area contributed by atoms with E-state index in [1.54, 1.807) is 24.5 Å². The Bertz CT molecular complexity index is 552. The molecular formula is C14H19N5O. The number of pyridine rings is 1. The Labute approximate surface area is 118 Å². The third kappa shape index (κ3) is 4.47. The van der Waals surface area contributed by atoms with Crippen LogP contribution in [0.2, 0.25) is 0 Å². The van der Waals surface area contributed by atoms with Gasteiger partial charge in [-0.15, -0.1) is 0 Å². The van der Waals surface area contributed by atoms with E-state index < -0.39 is 0 Å². The molecule has 0 unspecified atom stereocenters. The Morgan fingerprint density at radius 3 is 2.95 bits per heavy atom. The van der Waals surface area contributed by atoms with Crippen molar-refractivity contribution in [1.82, 2.24) is 20.1 Å². The van der Waals surface area contributed by atoms with Crippen LogP contribution in [-0.4, -0.2) is 33.3 Å². The number of amides is 1. The molecule has 0 spiro atoms. The molecular weight excluding hydrogens is 254 g/mol. The van der Waals surface area contributed by atoms with E-state index in [1.807, 2.05) is 30.9 Å². The fourth-order valence-corrected chi connectivity index (χ4v) is 1.82. The van der Waals surface area contributed by atoms with Crippen molar-refractivity contribution in [3.8, 4) is 0 Å². The van der Waals surface area contributed by atoms with Gasteiger partial charge in [-0.25, -0.2) is 0 Å². The van der Waals surface area contributed by atoms with Crippen molar-refractivity contribution in [2.24, 2.45) is 0 Å². The second-order valence-corrected chi connectivity index (χ2v) is 4.81. The molecule has 0 aliphatic heterocycles. The Hall–Kier alpha value is -2.21. The van der Waals surface area contributed by atoms with Crippen molar-refractivity contribution in [1.29, 1.82) is 0 Å². The van der Waals surface area contributed by atoms with Crippen LogP contribution in [-0.2, 0) is 11.3 Å². The van der Waals surface area contributed by atoms with Crippen LogP contribution in [0.1, 0.15) is 12.5 Å². The minimum absolute atomic E-state index is 0.0819. The maximum Gasteiger partial charge on any atom is 0.238 e. The van der Waals surface area contributed by atoms with Crippen molar-refractivity contribution < 1.29 is 4.79 Å². The minimum atomic E-state index is -0.0819. The van der Waals surface area contributed by atoms with Gasteiger partial charge >= 0.3 is 0 Å². The van der Waals surface area contributed by atoms with Crippen molar-refractivity contribution in [3.05, 3.63) is 42.5 Å². The van der Waals surface area contributed by atoms with Gasteiger partial charge in [0.1, 0.15) is 0 Å². The van der Waals surface area contributed by atoms with Gasteiger partial charge in [-0.05, 0) is 31.5 Å². The van der Waals surface area contributed by atoms with Crippen LogP contribution in [0.5, 0.6) is 0 Å². The summed E-state index contributed by atoms with van der Waals surface area (Å²) >= 11 is 0. The molecule has 0 fully saturated rings. The minimum Gasteiger partial charge on any atom is -0.324 e. The first-order chi connectivity index (χ1) is 9.63. The number of rotatable bonds is 6. The SMILES string of the molecule is Cc1cnn(C[C@H](C)NCC(=O)Nc2cccnc2)c1. The number of carbonyl (C=O) groups is 1. The van der Waals surface area contributed by atoms with Crippen LogP contribution < -0.4 is 10.6 Å². The monoisotopic (exact) mass is 273 g/mol. The van der Waals surface area contributed by atoms with E-state index in [1.165, 1.54) is 0 Å². The molecule has 2 heterocycles. The zero-order valence-corrected chi connectivity index (χ0v) is 11.7. The maximum absolute atomic E-state index is 11.7. The third-order valence-electron chi connectivity index (χ3n) is 2.78. The normalized spacial score (nSPS) is 12.1. The number of nitrogens with one attached hydrogen (secondary N) is 2. The second kappa shape index (κ2) is 6.81. The first kappa shape index (κ1) is 14.2. The number of anilines is 1. The van der Waals surface area contributed by atoms with Gasteiger partial charge in [0.15, 0.2) is 0 Å². The molecule has 0 aromatic carbocycles. The zero-order valence-electron chi connectivity index (χ0n) is 11.7. The summed E-state index contributed by atoms with van der Waals surface area (Å²) in [5, 5.41) is 10.2. The molecule has 0 aliphatic rings.